The van der Waals surface area contributed by atoms with E-state index in [4.69, 9.17) is 10.5 Å². The predicted molar refractivity (Wildman–Crippen MR) is 72.6 cm³/mol. The summed E-state index contributed by atoms with van der Waals surface area (Å²) in [5.74, 6) is -0.167. The number of hydrogen-bond acceptors (Lipinski definition) is 4. The van der Waals surface area contributed by atoms with Gasteiger partial charge in [0, 0.05) is 6.54 Å². The Morgan fingerprint density at radius 3 is 3.11 bits per heavy atom. The molecule has 0 atom stereocenters. The molecule has 0 saturated carbocycles. The van der Waals surface area contributed by atoms with Crippen LogP contribution in [0.4, 0.5) is 11.4 Å². The predicted octanol–water partition coefficient (Wildman–Crippen LogP) is 1.97. The Kier molecular flexibility index (Phi) is 4.07. The number of carbonyl (C=O) groups excluding carboxylic acids is 1. The number of hydrogen-bond donors (Lipinski definition) is 1. The van der Waals surface area contributed by atoms with Crippen molar-refractivity contribution in [1.82, 2.24) is 0 Å². The summed E-state index contributed by atoms with van der Waals surface area (Å²) in [6.45, 7) is 3.73. The standard InChI is InChI=1S/C14H20N2O2/c1-2-3-9-18-13(17)10-16-8-7-11-5-4-6-12(15)14(11)16/h4-6H,2-3,7-10,15H2,1H3. The number of nitrogens with zero attached hydrogens (tertiary/aromatic N) is 1. The largest absolute Gasteiger partial charge is 0.464 e. The molecule has 1 aromatic carbocycles. The molecular weight excluding hydrogens is 228 g/mol. The first-order valence-corrected chi connectivity index (χ1v) is 6.50. The fraction of sp³-hybridized carbons (Fsp3) is 0.500. The molecule has 98 valence electrons. The van der Waals surface area contributed by atoms with Crippen LogP contribution in [-0.4, -0.2) is 25.7 Å². The smallest absolute Gasteiger partial charge is 0.325 e. The number of fused-ring (bicyclic) bond motifs is 1. The topological polar surface area (TPSA) is 55.6 Å². The molecule has 2 rings (SSSR count). The first-order chi connectivity index (χ1) is 8.72. The van der Waals surface area contributed by atoms with Gasteiger partial charge in [-0.3, -0.25) is 4.79 Å². The van der Waals surface area contributed by atoms with E-state index in [0.717, 1.165) is 37.2 Å². The van der Waals surface area contributed by atoms with Crippen molar-refractivity contribution in [3.63, 3.8) is 0 Å². The van der Waals surface area contributed by atoms with E-state index in [1.54, 1.807) is 0 Å². The normalized spacial score (nSPS) is 13.5. The summed E-state index contributed by atoms with van der Waals surface area (Å²) >= 11 is 0. The molecule has 1 aliphatic rings. The lowest BCUT2D eigenvalue weighted by molar-refractivity contribution is -0.142. The van der Waals surface area contributed by atoms with Crippen molar-refractivity contribution in [1.29, 1.82) is 0 Å². The van der Waals surface area contributed by atoms with Gasteiger partial charge in [0.2, 0.25) is 0 Å². The molecule has 1 aromatic rings. The molecule has 0 saturated heterocycles. The lowest BCUT2D eigenvalue weighted by Gasteiger charge is -2.19. The van der Waals surface area contributed by atoms with Crippen molar-refractivity contribution in [2.24, 2.45) is 0 Å². The van der Waals surface area contributed by atoms with Crippen molar-refractivity contribution in [2.75, 3.05) is 30.3 Å². The molecule has 1 aliphatic heterocycles. The van der Waals surface area contributed by atoms with Gasteiger partial charge in [0.05, 0.1) is 18.0 Å². The number of ether oxygens (including phenoxy) is 1. The summed E-state index contributed by atoms with van der Waals surface area (Å²) < 4.78 is 5.18. The molecule has 4 heteroatoms. The average Bonchev–Trinajstić information content (AvgIpc) is 2.74. The summed E-state index contributed by atoms with van der Waals surface area (Å²) in [4.78, 5) is 13.7. The van der Waals surface area contributed by atoms with Gasteiger partial charge in [0.1, 0.15) is 6.54 Å². The van der Waals surface area contributed by atoms with Crippen LogP contribution in [0.15, 0.2) is 18.2 Å². The van der Waals surface area contributed by atoms with Gasteiger partial charge in [-0.1, -0.05) is 25.5 Å². The van der Waals surface area contributed by atoms with E-state index in [2.05, 4.69) is 13.0 Å². The van der Waals surface area contributed by atoms with Gasteiger partial charge in [-0.25, -0.2) is 0 Å². The Morgan fingerprint density at radius 1 is 1.50 bits per heavy atom. The van der Waals surface area contributed by atoms with Gasteiger partial charge in [-0.15, -0.1) is 0 Å². The number of anilines is 2. The second kappa shape index (κ2) is 5.76. The minimum atomic E-state index is -0.167. The van der Waals surface area contributed by atoms with Crippen molar-refractivity contribution < 1.29 is 9.53 Å². The highest BCUT2D eigenvalue weighted by atomic mass is 16.5. The molecule has 4 nitrogen and oxygen atoms in total. The van der Waals surface area contributed by atoms with Crippen LogP contribution in [0.3, 0.4) is 0 Å². The molecule has 0 unspecified atom stereocenters. The van der Waals surface area contributed by atoms with Gasteiger partial charge in [-0.05, 0) is 24.5 Å². The Bertz CT molecular complexity index is 432. The summed E-state index contributed by atoms with van der Waals surface area (Å²) in [6.07, 6.45) is 2.90. The molecule has 0 radical (unpaired) electrons. The van der Waals surface area contributed by atoms with Gasteiger partial charge in [-0.2, -0.15) is 0 Å². The van der Waals surface area contributed by atoms with Gasteiger partial charge in [0.25, 0.3) is 0 Å². The number of para-hydroxylation sites is 1. The quantitative estimate of drug-likeness (QED) is 0.492. The number of benzene rings is 1. The molecule has 0 aromatic heterocycles. The Labute approximate surface area is 108 Å². The first kappa shape index (κ1) is 12.7. The zero-order valence-electron chi connectivity index (χ0n) is 10.8. The Balaban J connectivity index is 1.95. The van der Waals surface area contributed by atoms with Crippen molar-refractivity contribution >= 4 is 17.3 Å². The van der Waals surface area contributed by atoms with Crippen LogP contribution < -0.4 is 10.6 Å². The van der Waals surface area contributed by atoms with Crippen molar-refractivity contribution in [3.05, 3.63) is 23.8 Å². The number of unbranched alkanes of at least 4 members (excludes halogenated alkanes) is 1. The van der Waals surface area contributed by atoms with Gasteiger partial charge >= 0.3 is 5.97 Å². The zero-order valence-corrected chi connectivity index (χ0v) is 10.8. The maximum absolute atomic E-state index is 11.7. The highest BCUT2D eigenvalue weighted by Crippen LogP contribution is 2.33. The van der Waals surface area contributed by atoms with E-state index in [0.29, 0.717) is 13.2 Å². The minimum absolute atomic E-state index is 0.167. The Morgan fingerprint density at radius 2 is 2.33 bits per heavy atom. The summed E-state index contributed by atoms with van der Waals surface area (Å²) in [5, 5.41) is 0. The molecule has 0 spiro atoms. The van der Waals surface area contributed by atoms with E-state index >= 15 is 0 Å². The maximum atomic E-state index is 11.7. The second-order valence-electron chi connectivity index (χ2n) is 4.60. The maximum Gasteiger partial charge on any atom is 0.325 e. The third kappa shape index (κ3) is 2.75. The molecule has 1 heterocycles. The van der Waals surface area contributed by atoms with E-state index < -0.39 is 0 Å². The number of carbonyl (C=O) groups is 1. The van der Waals surface area contributed by atoms with Crippen LogP contribution in [-0.2, 0) is 16.0 Å². The third-order valence-corrected chi connectivity index (χ3v) is 3.20. The van der Waals surface area contributed by atoms with Crippen molar-refractivity contribution in [2.45, 2.75) is 26.2 Å². The first-order valence-electron chi connectivity index (χ1n) is 6.50. The fourth-order valence-corrected chi connectivity index (χ4v) is 2.26. The van der Waals surface area contributed by atoms with Gasteiger partial charge < -0.3 is 15.4 Å². The van der Waals surface area contributed by atoms with E-state index in [9.17, 15) is 4.79 Å². The van der Waals surface area contributed by atoms with Crippen LogP contribution in [0.5, 0.6) is 0 Å². The van der Waals surface area contributed by atoms with Crippen LogP contribution >= 0.6 is 0 Å². The molecule has 18 heavy (non-hydrogen) atoms. The molecule has 0 bridgehead atoms. The highest BCUT2D eigenvalue weighted by molar-refractivity contribution is 5.81. The average molecular weight is 248 g/mol. The number of nitrogen functional groups attached to an aromatic ring is 1. The molecule has 2 N–H and O–H groups in total. The molecule has 0 fully saturated rings. The second-order valence-corrected chi connectivity index (χ2v) is 4.60. The van der Waals surface area contributed by atoms with Crippen molar-refractivity contribution in [3.8, 4) is 0 Å². The SMILES string of the molecule is CCCCOC(=O)CN1CCc2cccc(N)c21. The highest BCUT2D eigenvalue weighted by Gasteiger charge is 2.23. The summed E-state index contributed by atoms with van der Waals surface area (Å²) in [7, 11) is 0. The van der Waals surface area contributed by atoms with Gasteiger partial charge in [0.15, 0.2) is 0 Å². The lowest BCUT2D eigenvalue weighted by atomic mass is 10.1. The zero-order chi connectivity index (χ0) is 13.0. The fourth-order valence-electron chi connectivity index (χ4n) is 2.26. The third-order valence-electron chi connectivity index (χ3n) is 3.20. The van der Waals surface area contributed by atoms with Crippen LogP contribution in [0.1, 0.15) is 25.3 Å². The monoisotopic (exact) mass is 248 g/mol. The summed E-state index contributed by atoms with van der Waals surface area (Å²) in [5.41, 5.74) is 8.93. The van der Waals surface area contributed by atoms with E-state index in [-0.39, 0.29) is 5.97 Å². The number of esters is 1. The molecule has 0 amide bonds. The molecule has 0 aliphatic carbocycles. The van der Waals surface area contributed by atoms with Crippen LogP contribution in [0.2, 0.25) is 0 Å². The van der Waals surface area contributed by atoms with Crippen LogP contribution in [0.25, 0.3) is 0 Å². The van der Waals surface area contributed by atoms with Crippen LogP contribution in [0, 0.1) is 0 Å². The number of nitrogens with two attached hydrogens (primary N) is 1. The Hall–Kier alpha value is -1.71. The number of rotatable bonds is 5. The summed E-state index contributed by atoms with van der Waals surface area (Å²) in [6, 6.07) is 5.89. The minimum Gasteiger partial charge on any atom is -0.464 e. The van der Waals surface area contributed by atoms with E-state index in [1.165, 1.54) is 5.56 Å². The molecular formula is C14H20N2O2. The lowest BCUT2D eigenvalue weighted by Crippen LogP contribution is -2.30. The van der Waals surface area contributed by atoms with E-state index in [1.807, 2.05) is 17.0 Å².